The van der Waals surface area contributed by atoms with Gasteiger partial charge in [-0.25, -0.2) is 4.98 Å². The van der Waals surface area contributed by atoms with Gasteiger partial charge in [-0.1, -0.05) is 12.7 Å². The van der Waals surface area contributed by atoms with E-state index in [1.54, 1.807) is 0 Å². The largest absolute Gasteiger partial charge is 0.481 e. The Morgan fingerprint density at radius 2 is 2.07 bits per heavy atom. The molecule has 0 aliphatic carbocycles. The molecule has 76 valence electrons. The normalized spacial score (nSPS) is 11.1. The van der Waals surface area contributed by atoms with Gasteiger partial charge in [0.2, 0.25) is 5.88 Å². The summed E-state index contributed by atoms with van der Waals surface area (Å²) in [5.74, 6) is -0.0742. The minimum Gasteiger partial charge on any atom is -0.481 e. The third-order valence-electron chi connectivity index (χ3n) is 1.59. The van der Waals surface area contributed by atoms with E-state index in [0.29, 0.717) is 5.56 Å². The SMILES string of the molecule is C=Cc1ccc(C(F)(F)F)nc1OC. The summed E-state index contributed by atoms with van der Waals surface area (Å²) < 4.78 is 41.3. The summed E-state index contributed by atoms with van der Waals surface area (Å²) in [6.07, 6.45) is -3.07. The highest BCUT2D eigenvalue weighted by Crippen LogP contribution is 2.30. The van der Waals surface area contributed by atoms with Gasteiger partial charge >= 0.3 is 6.18 Å². The van der Waals surface area contributed by atoms with E-state index in [1.165, 1.54) is 19.3 Å². The zero-order valence-electron chi connectivity index (χ0n) is 7.43. The molecule has 0 radical (unpaired) electrons. The summed E-state index contributed by atoms with van der Waals surface area (Å²) in [5, 5.41) is 0. The predicted molar refractivity (Wildman–Crippen MR) is 45.9 cm³/mol. The molecule has 0 unspecified atom stereocenters. The van der Waals surface area contributed by atoms with E-state index in [1.807, 2.05) is 0 Å². The Labute approximate surface area is 79.0 Å². The van der Waals surface area contributed by atoms with Crippen LogP contribution in [0.4, 0.5) is 13.2 Å². The average molecular weight is 203 g/mol. The van der Waals surface area contributed by atoms with Crippen LogP contribution in [0.1, 0.15) is 11.3 Å². The molecule has 0 bridgehead atoms. The van der Waals surface area contributed by atoms with Gasteiger partial charge in [-0.15, -0.1) is 0 Å². The topological polar surface area (TPSA) is 22.1 Å². The Hall–Kier alpha value is -1.52. The molecule has 0 aromatic carbocycles. The number of hydrogen-bond donors (Lipinski definition) is 0. The third kappa shape index (κ3) is 2.04. The third-order valence-corrected chi connectivity index (χ3v) is 1.59. The highest BCUT2D eigenvalue weighted by molar-refractivity contribution is 5.53. The fourth-order valence-corrected chi connectivity index (χ4v) is 0.928. The first-order chi connectivity index (χ1) is 6.49. The number of hydrogen-bond acceptors (Lipinski definition) is 2. The van der Waals surface area contributed by atoms with Crippen molar-refractivity contribution in [2.45, 2.75) is 6.18 Å². The van der Waals surface area contributed by atoms with Crippen molar-refractivity contribution < 1.29 is 17.9 Å². The van der Waals surface area contributed by atoms with Crippen LogP contribution < -0.4 is 4.74 Å². The van der Waals surface area contributed by atoms with Crippen molar-refractivity contribution in [1.29, 1.82) is 0 Å². The zero-order valence-corrected chi connectivity index (χ0v) is 7.43. The summed E-state index contributed by atoms with van der Waals surface area (Å²) in [5.41, 5.74) is -0.541. The fourth-order valence-electron chi connectivity index (χ4n) is 0.928. The monoisotopic (exact) mass is 203 g/mol. The van der Waals surface area contributed by atoms with E-state index in [0.717, 1.165) is 6.07 Å². The highest BCUT2D eigenvalue weighted by Gasteiger charge is 2.33. The van der Waals surface area contributed by atoms with Gasteiger partial charge in [0, 0.05) is 5.56 Å². The van der Waals surface area contributed by atoms with Crippen LogP contribution in [0.3, 0.4) is 0 Å². The van der Waals surface area contributed by atoms with Crippen LogP contribution in [0.15, 0.2) is 18.7 Å². The van der Waals surface area contributed by atoms with Crippen molar-refractivity contribution >= 4 is 6.08 Å². The number of alkyl halides is 3. The van der Waals surface area contributed by atoms with Crippen LogP contribution in [0.25, 0.3) is 6.08 Å². The van der Waals surface area contributed by atoms with Crippen LogP contribution in [-0.2, 0) is 6.18 Å². The molecule has 0 aliphatic rings. The molecule has 0 N–H and O–H groups in total. The molecule has 0 saturated heterocycles. The number of pyridine rings is 1. The quantitative estimate of drug-likeness (QED) is 0.737. The Morgan fingerprint density at radius 3 is 2.50 bits per heavy atom. The Bertz CT molecular complexity index is 346. The van der Waals surface area contributed by atoms with Gasteiger partial charge in [0.05, 0.1) is 7.11 Å². The summed E-state index contributed by atoms with van der Waals surface area (Å²) in [6, 6.07) is 2.15. The lowest BCUT2D eigenvalue weighted by molar-refractivity contribution is -0.141. The summed E-state index contributed by atoms with van der Waals surface area (Å²) in [4.78, 5) is 3.31. The summed E-state index contributed by atoms with van der Waals surface area (Å²) in [6.45, 7) is 3.43. The molecule has 0 spiro atoms. The maximum absolute atomic E-state index is 12.2. The molecule has 14 heavy (non-hydrogen) atoms. The highest BCUT2D eigenvalue weighted by atomic mass is 19.4. The molecule has 0 fully saturated rings. The van der Waals surface area contributed by atoms with E-state index in [9.17, 15) is 13.2 Å². The molecule has 0 saturated carbocycles. The van der Waals surface area contributed by atoms with Crippen LogP contribution in [-0.4, -0.2) is 12.1 Å². The maximum atomic E-state index is 12.2. The Kier molecular flexibility index (Phi) is 2.78. The first-order valence-corrected chi connectivity index (χ1v) is 3.73. The zero-order chi connectivity index (χ0) is 10.8. The molecule has 0 atom stereocenters. The van der Waals surface area contributed by atoms with Crippen LogP contribution in [0.5, 0.6) is 5.88 Å². The van der Waals surface area contributed by atoms with Gasteiger partial charge in [-0.05, 0) is 12.1 Å². The van der Waals surface area contributed by atoms with Crippen molar-refractivity contribution in [3.63, 3.8) is 0 Å². The molecular formula is C9H8F3NO. The molecule has 1 aromatic heterocycles. The van der Waals surface area contributed by atoms with Gasteiger partial charge in [-0.3, -0.25) is 0 Å². The molecule has 0 amide bonds. The minimum absolute atomic E-state index is 0.0742. The lowest BCUT2D eigenvalue weighted by Crippen LogP contribution is -2.08. The number of halogens is 3. The van der Waals surface area contributed by atoms with Crippen LogP contribution in [0.2, 0.25) is 0 Å². The lowest BCUT2D eigenvalue weighted by atomic mass is 10.2. The van der Waals surface area contributed by atoms with Gasteiger partial charge in [0.15, 0.2) is 0 Å². The predicted octanol–water partition coefficient (Wildman–Crippen LogP) is 2.75. The van der Waals surface area contributed by atoms with E-state index >= 15 is 0 Å². The lowest BCUT2D eigenvalue weighted by Gasteiger charge is -2.08. The number of ether oxygens (including phenoxy) is 1. The Balaban J connectivity index is 3.21. The molecule has 5 heteroatoms. The summed E-state index contributed by atoms with van der Waals surface area (Å²) in [7, 11) is 1.26. The van der Waals surface area contributed by atoms with Gasteiger partial charge < -0.3 is 4.74 Å². The van der Waals surface area contributed by atoms with E-state index in [2.05, 4.69) is 16.3 Å². The number of rotatable bonds is 2. The molecule has 0 aliphatic heterocycles. The van der Waals surface area contributed by atoms with E-state index < -0.39 is 11.9 Å². The molecule has 2 nitrogen and oxygen atoms in total. The second kappa shape index (κ2) is 3.69. The number of aromatic nitrogens is 1. The van der Waals surface area contributed by atoms with Crippen molar-refractivity contribution in [1.82, 2.24) is 4.98 Å². The fraction of sp³-hybridized carbons (Fsp3) is 0.222. The van der Waals surface area contributed by atoms with Crippen molar-refractivity contribution in [3.05, 3.63) is 30.0 Å². The molecule has 1 heterocycles. The van der Waals surface area contributed by atoms with Gasteiger partial charge in [-0.2, -0.15) is 13.2 Å². The number of nitrogens with zero attached hydrogens (tertiary/aromatic N) is 1. The standard InChI is InChI=1S/C9H8F3NO/c1-3-6-4-5-7(9(10,11)12)13-8(6)14-2/h3-5H,1H2,2H3. The van der Waals surface area contributed by atoms with Gasteiger partial charge in [0.1, 0.15) is 5.69 Å². The van der Waals surface area contributed by atoms with Crippen molar-refractivity contribution in [3.8, 4) is 5.88 Å². The van der Waals surface area contributed by atoms with Gasteiger partial charge in [0.25, 0.3) is 0 Å². The Morgan fingerprint density at radius 1 is 1.43 bits per heavy atom. The summed E-state index contributed by atoms with van der Waals surface area (Å²) >= 11 is 0. The van der Waals surface area contributed by atoms with Crippen molar-refractivity contribution in [2.75, 3.05) is 7.11 Å². The second-order valence-electron chi connectivity index (χ2n) is 2.50. The molecular weight excluding hydrogens is 195 g/mol. The molecule has 1 aromatic rings. The average Bonchev–Trinajstić information content (AvgIpc) is 2.15. The first-order valence-electron chi connectivity index (χ1n) is 3.73. The minimum atomic E-state index is -4.45. The molecule has 1 rings (SSSR count). The van der Waals surface area contributed by atoms with Crippen LogP contribution >= 0.6 is 0 Å². The van der Waals surface area contributed by atoms with E-state index in [-0.39, 0.29) is 5.88 Å². The second-order valence-corrected chi connectivity index (χ2v) is 2.50. The maximum Gasteiger partial charge on any atom is 0.433 e. The first kappa shape index (κ1) is 10.6. The number of methoxy groups -OCH3 is 1. The van der Waals surface area contributed by atoms with Crippen LogP contribution in [0, 0.1) is 0 Å². The van der Waals surface area contributed by atoms with E-state index in [4.69, 9.17) is 0 Å². The smallest absolute Gasteiger partial charge is 0.433 e. The van der Waals surface area contributed by atoms with Crippen molar-refractivity contribution in [2.24, 2.45) is 0 Å².